The van der Waals surface area contributed by atoms with Crippen LogP contribution < -0.4 is 10.0 Å². The van der Waals surface area contributed by atoms with Gasteiger partial charge in [0.05, 0.1) is 10.6 Å². The zero-order chi connectivity index (χ0) is 16.2. The van der Waals surface area contributed by atoms with Crippen LogP contribution >= 0.6 is 22.9 Å². The predicted molar refractivity (Wildman–Crippen MR) is 84.8 cm³/mol. The Morgan fingerprint density at radius 2 is 2.05 bits per heavy atom. The number of rotatable bonds is 6. The van der Waals surface area contributed by atoms with E-state index in [1.54, 1.807) is 24.3 Å². The van der Waals surface area contributed by atoms with E-state index in [0.717, 1.165) is 11.3 Å². The van der Waals surface area contributed by atoms with Gasteiger partial charge >= 0.3 is 0 Å². The fourth-order valence-corrected chi connectivity index (χ4v) is 3.77. The van der Waals surface area contributed by atoms with Crippen LogP contribution in [-0.2, 0) is 10.0 Å². The van der Waals surface area contributed by atoms with Crippen LogP contribution in [0.2, 0.25) is 5.02 Å². The Bertz CT molecular complexity index is 776. The predicted octanol–water partition coefficient (Wildman–Crippen LogP) is 2.13. The molecular formula is C12H13ClN4O3S2. The van der Waals surface area contributed by atoms with Crippen LogP contribution in [0.1, 0.15) is 23.7 Å². The quantitative estimate of drug-likeness (QED) is 0.768. The first-order chi connectivity index (χ1) is 10.4. The molecule has 0 saturated carbocycles. The van der Waals surface area contributed by atoms with Gasteiger partial charge in [0.15, 0.2) is 0 Å². The number of amides is 1. The Kier molecular flexibility index (Phi) is 5.46. The largest absolute Gasteiger partial charge is 0.296 e. The number of nitrogens with one attached hydrogen (secondary N) is 2. The summed E-state index contributed by atoms with van der Waals surface area (Å²) in [5.74, 6) is -0.479. The topological polar surface area (TPSA) is 101 Å². The first kappa shape index (κ1) is 16.8. The van der Waals surface area contributed by atoms with Crippen molar-refractivity contribution >= 4 is 44.0 Å². The maximum atomic E-state index is 12.0. The molecule has 0 aliphatic rings. The lowest BCUT2D eigenvalue weighted by molar-refractivity contribution is 0.102. The van der Waals surface area contributed by atoms with Crippen LogP contribution in [0.4, 0.5) is 5.13 Å². The second-order valence-electron chi connectivity index (χ2n) is 4.20. The molecule has 0 atom stereocenters. The van der Waals surface area contributed by atoms with E-state index < -0.39 is 15.9 Å². The first-order valence-electron chi connectivity index (χ1n) is 6.33. The fourth-order valence-electron chi connectivity index (χ4n) is 1.48. The molecule has 0 aliphatic heterocycles. The summed E-state index contributed by atoms with van der Waals surface area (Å²) in [5.41, 5.74) is 0.271. The third kappa shape index (κ3) is 4.01. The summed E-state index contributed by atoms with van der Waals surface area (Å²) < 4.78 is 25.9. The summed E-state index contributed by atoms with van der Waals surface area (Å²) >= 11 is 6.69. The zero-order valence-corrected chi connectivity index (χ0v) is 13.9. The number of benzene rings is 1. The maximum Gasteiger partial charge on any atom is 0.269 e. The van der Waals surface area contributed by atoms with E-state index >= 15 is 0 Å². The standard InChI is InChI=1S/C12H13ClN4O3S2/c1-2-7-14-22(19,20)12-17-16-11(21-12)15-10(18)8-5-3-4-6-9(8)13/h3-6,14H,2,7H2,1H3,(H,15,16,18). The molecule has 10 heteroatoms. The molecule has 2 N–H and O–H groups in total. The highest BCUT2D eigenvalue weighted by molar-refractivity contribution is 7.91. The molecule has 0 aliphatic carbocycles. The van der Waals surface area contributed by atoms with Crippen molar-refractivity contribution in [2.75, 3.05) is 11.9 Å². The zero-order valence-electron chi connectivity index (χ0n) is 11.5. The Balaban J connectivity index is 2.13. The van der Waals surface area contributed by atoms with E-state index in [1.165, 1.54) is 0 Å². The molecule has 118 valence electrons. The normalized spacial score (nSPS) is 11.4. The Morgan fingerprint density at radius 3 is 2.73 bits per heavy atom. The number of carbonyl (C=O) groups excluding carboxylic acids is 1. The highest BCUT2D eigenvalue weighted by atomic mass is 35.5. The van der Waals surface area contributed by atoms with Crippen molar-refractivity contribution in [3.63, 3.8) is 0 Å². The van der Waals surface area contributed by atoms with Crippen LogP contribution in [0.15, 0.2) is 28.6 Å². The van der Waals surface area contributed by atoms with Gasteiger partial charge in [-0.1, -0.05) is 42.0 Å². The van der Waals surface area contributed by atoms with Gasteiger partial charge in [-0.05, 0) is 18.6 Å². The number of hydrogen-bond donors (Lipinski definition) is 2. The number of aromatic nitrogens is 2. The SMILES string of the molecule is CCCNS(=O)(=O)c1nnc(NC(=O)c2ccccc2Cl)s1. The van der Waals surface area contributed by atoms with E-state index in [0.29, 0.717) is 18.0 Å². The Morgan fingerprint density at radius 1 is 1.32 bits per heavy atom. The van der Waals surface area contributed by atoms with Gasteiger partial charge in [0.2, 0.25) is 9.47 Å². The minimum atomic E-state index is -3.69. The molecule has 7 nitrogen and oxygen atoms in total. The van der Waals surface area contributed by atoms with Gasteiger partial charge in [0.1, 0.15) is 0 Å². The van der Waals surface area contributed by atoms with E-state index in [2.05, 4.69) is 20.2 Å². The first-order valence-corrected chi connectivity index (χ1v) is 9.01. The fraction of sp³-hybridized carbons (Fsp3) is 0.250. The Hall–Kier alpha value is -1.55. The van der Waals surface area contributed by atoms with Gasteiger partial charge < -0.3 is 0 Å². The number of nitrogens with zero attached hydrogens (tertiary/aromatic N) is 2. The van der Waals surface area contributed by atoms with Gasteiger partial charge in [0.25, 0.3) is 15.9 Å². The molecule has 0 radical (unpaired) electrons. The molecule has 22 heavy (non-hydrogen) atoms. The molecule has 1 amide bonds. The molecule has 0 spiro atoms. The second-order valence-corrected chi connectivity index (χ2v) is 7.53. The average Bonchev–Trinajstić information content (AvgIpc) is 2.95. The van der Waals surface area contributed by atoms with Gasteiger partial charge in [-0.15, -0.1) is 10.2 Å². The monoisotopic (exact) mass is 360 g/mol. The van der Waals surface area contributed by atoms with E-state index in [-0.39, 0.29) is 15.0 Å². The van der Waals surface area contributed by atoms with Crippen LogP contribution in [-0.4, -0.2) is 31.1 Å². The molecular weight excluding hydrogens is 348 g/mol. The molecule has 0 bridgehead atoms. The Labute approximate surface area is 136 Å². The van der Waals surface area contributed by atoms with Crippen molar-refractivity contribution < 1.29 is 13.2 Å². The van der Waals surface area contributed by atoms with Crippen molar-refractivity contribution in [1.82, 2.24) is 14.9 Å². The molecule has 1 aromatic carbocycles. The van der Waals surface area contributed by atoms with Gasteiger partial charge in [-0.3, -0.25) is 10.1 Å². The van der Waals surface area contributed by atoms with Crippen molar-refractivity contribution in [1.29, 1.82) is 0 Å². The maximum absolute atomic E-state index is 12.0. The molecule has 0 unspecified atom stereocenters. The van der Waals surface area contributed by atoms with E-state index in [1.807, 2.05) is 6.92 Å². The lowest BCUT2D eigenvalue weighted by Gasteiger charge is -2.02. The highest BCUT2D eigenvalue weighted by Gasteiger charge is 2.20. The summed E-state index contributed by atoms with van der Waals surface area (Å²) in [7, 11) is -3.69. The molecule has 0 fully saturated rings. The second kappa shape index (κ2) is 7.14. The minimum absolute atomic E-state index is 0.0850. The minimum Gasteiger partial charge on any atom is -0.296 e. The number of hydrogen-bond acceptors (Lipinski definition) is 6. The van der Waals surface area contributed by atoms with Gasteiger partial charge in [-0.25, -0.2) is 13.1 Å². The summed E-state index contributed by atoms with van der Waals surface area (Å²) in [6.45, 7) is 2.15. The van der Waals surface area contributed by atoms with Crippen LogP contribution in [0, 0.1) is 0 Å². The molecule has 1 aromatic heterocycles. The summed E-state index contributed by atoms with van der Waals surface area (Å²) in [5, 5.41) is 10.1. The van der Waals surface area contributed by atoms with E-state index in [9.17, 15) is 13.2 Å². The molecule has 1 heterocycles. The third-order valence-corrected chi connectivity index (χ3v) is 5.51. The van der Waals surface area contributed by atoms with E-state index in [4.69, 9.17) is 11.6 Å². The molecule has 2 rings (SSSR count). The number of carbonyl (C=O) groups is 1. The lowest BCUT2D eigenvalue weighted by Crippen LogP contribution is -2.24. The third-order valence-electron chi connectivity index (χ3n) is 2.52. The van der Waals surface area contributed by atoms with Crippen molar-refractivity contribution in [2.45, 2.75) is 17.7 Å². The number of sulfonamides is 1. The lowest BCUT2D eigenvalue weighted by atomic mass is 10.2. The number of halogens is 1. The van der Waals surface area contributed by atoms with Crippen LogP contribution in [0.25, 0.3) is 0 Å². The van der Waals surface area contributed by atoms with Crippen LogP contribution in [0.3, 0.4) is 0 Å². The summed E-state index contributed by atoms with van der Waals surface area (Å²) in [4.78, 5) is 12.0. The number of anilines is 1. The van der Waals surface area contributed by atoms with Crippen LogP contribution in [0.5, 0.6) is 0 Å². The van der Waals surface area contributed by atoms with Crippen molar-refractivity contribution in [2.24, 2.45) is 0 Å². The average molecular weight is 361 g/mol. The molecule has 0 saturated heterocycles. The summed E-state index contributed by atoms with van der Waals surface area (Å²) in [6.07, 6.45) is 0.661. The smallest absolute Gasteiger partial charge is 0.269 e. The van der Waals surface area contributed by atoms with Crippen molar-refractivity contribution in [3.05, 3.63) is 34.9 Å². The summed E-state index contributed by atoms with van der Waals surface area (Å²) in [6, 6.07) is 6.51. The molecule has 2 aromatic rings. The van der Waals surface area contributed by atoms with Crippen molar-refractivity contribution in [3.8, 4) is 0 Å². The van der Waals surface area contributed by atoms with Gasteiger partial charge in [0, 0.05) is 6.54 Å². The van der Waals surface area contributed by atoms with Gasteiger partial charge in [-0.2, -0.15) is 0 Å². The highest BCUT2D eigenvalue weighted by Crippen LogP contribution is 2.22.